The second-order valence-corrected chi connectivity index (χ2v) is 5.88. The molecule has 2 aromatic rings. The van der Waals surface area contributed by atoms with Crippen LogP contribution in [0, 0.1) is 0 Å². The standard InChI is InChI=1S/C16H21N3O3/c1-16(2,3)22-15(20)19-8-12-5-4-6-13(7-12)18-10-14-9-17-11-21-14/h4-7,9,11,18H,8,10H2,1-3H3,(H,19,20). The lowest BCUT2D eigenvalue weighted by molar-refractivity contribution is 0.0523. The minimum Gasteiger partial charge on any atom is -0.447 e. The highest BCUT2D eigenvalue weighted by Gasteiger charge is 2.15. The number of nitrogens with one attached hydrogen (secondary N) is 2. The number of nitrogens with zero attached hydrogens (tertiary/aromatic N) is 1. The highest BCUT2D eigenvalue weighted by atomic mass is 16.6. The van der Waals surface area contributed by atoms with E-state index in [9.17, 15) is 4.79 Å². The predicted octanol–water partition coefficient (Wildman–Crippen LogP) is 3.31. The summed E-state index contributed by atoms with van der Waals surface area (Å²) in [5, 5.41) is 5.97. The molecule has 0 aliphatic rings. The van der Waals surface area contributed by atoms with Crippen molar-refractivity contribution >= 4 is 11.8 Å². The van der Waals surface area contributed by atoms with Crippen molar-refractivity contribution in [2.24, 2.45) is 0 Å². The highest BCUT2D eigenvalue weighted by molar-refractivity contribution is 5.67. The Morgan fingerprint density at radius 1 is 1.32 bits per heavy atom. The molecule has 1 heterocycles. The molecule has 22 heavy (non-hydrogen) atoms. The fourth-order valence-electron chi connectivity index (χ4n) is 1.80. The summed E-state index contributed by atoms with van der Waals surface area (Å²) in [5.41, 5.74) is 1.43. The Morgan fingerprint density at radius 3 is 2.82 bits per heavy atom. The van der Waals surface area contributed by atoms with Gasteiger partial charge in [0.1, 0.15) is 11.4 Å². The predicted molar refractivity (Wildman–Crippen MR) is 83.3 cm³/mol. The van der Waals surface area contributed by atoms with Crippen LogP contribution >= 0.6 is 0 Å². The van der Waals surface area contributed by atoms with Crippen molar-refractivity contribution in [2.45, 2.75) is 39.5 Å². The van der Waals surface area contributed by atoms with Gasteiger partial charge in [-0.05, 0) is 38.5 Å². The third kappa shape index (κ3) is 5.47. The molecule has 0 bridgehead atoms. The van der Waals surface area contributed by atoms with Gasteiger partial charge in [-0.25, -0.2) is 9.78 Å². The van der Waals surface area contributed by atoms with E-state index in [1.54, 1.807) is 6.20 Å². The summed E-state index contributed by atoms with van der Waals surface area (Å²) in [6.45, 7) is 6.47. The number of ether oxygens (including phenoxy) is 1. The van der Waals surface area contributed by atoms with Crippen molar-refractivity contribution in [3.63, 3.8) is 0 Å². The van der Waals surface area contributed by atoms with Crippen LogP contribution in [0.1, 0.15) is 32.1 Å². The molecule has 0 unspecified atom stereocenters. The zero-order valence-electron chi connectivity index (χ0n) is 13.1. The van der Waals surface area contributed by atoms with E-state index in [0.717, 1.165) is 17.0 Å². The first kappa shape index (κ1) is 15.9. The molecule has 0 aliphatic carbocycles. The van der Waals surface area contributed by atoms with E-state index < -0.39 is 11.7 Å². The maximum absolute atomic E-state index is 11.6. The van der Waals surface area contributed by atoms with Gasteiger partial charge in [0, 0.05) is 12.2 Å². The van der Waals surface area contributed by atoms with E-state index >= 15 is 0 Å². The first-order valence-corrected chi connectivity index (χ1v) is 7.09. The van der Waals surface area contributed by atoms with Gasteiger partial charge >= 0.3 is 6.09 Å². The van der Waals surface area contributed by atoms with Crippen molar-refractivity contribution in [2.75, 3.05) is 5.32 Å². The van der Waals surface area contributed by atoms with E-state index in [1.165, 1.54) is 6.39 Å². The van der Waals surface area contributed by atoms with Gasteiger partial charge in [-0.15, -0.1) is 0 Å². The summed E-state index contributed by atoms with van der Waals surface area (Å²) >= 11 is 0. The van der Waals surface area contributed by atoms with Crippen LogP contribution in [-0.2, 0) is 17.8 Å². The molecule has 0 spiro atoms. The zero-order chi connectivity index (χ0) is 16.0. The molecule has 0 radical (unpaired) electrons. The zero-order valence-corrected chi connectivity index (χ0v) is 13.1. The average Bonchev–Trinajstić information content (AvgIpc) is 2.95. The molecule has 0 fully saturated rings. The van der Waals surface area contributed by atoms with Crippen LogP contribution in [0.2, 0.25) is 0 Å². The topological polar surface area (TPSA) is 76.4 Å². The quantitative estimate of drug-likeness (QED) is 0.886. The van der Waals surface area contributed by atoms with Gasteiger partial charge in [0.25, 0.3) is 0 Å². The monoisotopic (exact) mass is 303 g/mol. The molecule has 1 aromatic heterocycles. The van der Waals surface area contributed by atoms with Gasteiger partial charge in [-0.2, -0.15) is 0 Å². The molecule has 0 saturated carbocycles. The van der Waals surface area contributed by atoms with Gasteiger partial charge in [-0.1, -0.05) is 12.1 Å². The maximum Gasteiger partial charge on any atom is 0.407 e. The van der Waals surface area contributed by atoms with Gasteiger partial charge in [0.2, 0.25) is 0 Å². The third-order valence-corrected chi connectivity index (χ3v) is 2.71. The third-order valence-electron chi connectivity index (χ3n) is 2.71. The van der Waals surface area contributed by atoms with E-state index in [4.69, 9.17) is 9.15 Å². The molecule has 6 heteroatoms. The number of oxazole rings is 1. The van der Waals surface area contributed by atoms with Crippen LogP contribution in [0.3, 0.4) is 0 Å². The van der Waals surface area contributed by atoms with Crippen molar-refractivity contribution in [1.29, 1.82) is 0 Å². The number of alkyl carbamates (subject to hydrolysis) is 1. The van der Waals surface area contributed by atoms with Crippen LogP contribution in [-0.4, -0.2) is 16.7 Å². The fraction of sp³-hybridized carbons (Fsp3) is 0.375. The Kier molecular flexibility index (Phi) is 5.04. The fourth-order valence-corrected chi connectivity index (χ4v) is 1.80. The number of carbonyl (C=O) groups is 1. The van der Waals surface area contributed by atoms with Crippen LogP contribution in [0.4, 0.5) is 10.5 Å². The largest absolute Gasteiger partial charge is 0.447 e. The molecule has 0 aliphatic heterocycles. The molecule has 2 rings (SSSR count). The van der Waals surface area contributed by atoms with Crippen molar-refractivity contribution < 1.29 is 13.9 Å². The lowest BCUT2D eigenvalue weighted by Gasteiger charge is -2.19. The summed E-state index contributed by atoms with van der Waals surface area (Å²) in [6.07, 6.45) is 2.64. The number of rotatable bonds is 5. The van der Waals surface area contributed by atoms with Gasteiger partial charge in [0.15, 0.2) is 6.39 Å². The molecule has 2 N–H and O–H groups in total. The summed E-state index contributed by atoms with van der Waals surface area (Å²) in [6, 6.07) is 7.78. The number of hydrogen-bond acceptors (Lipinski definition) is 5. The second-order valence-electron chi connectivity index (χ2n) is 5.88. The molecule has 1 aromatic carbocycles. The minimum absolute atomic E-state index is 0.409. The van der Waals surface area contributed by atoms with Gasteiger partial charge in [0.05, 0.1) is 12.7 Å². The first-order chi connectivity index (χ1) is 10.4. The van der Waals surface area contributed by atoms with Gasteiger partial charge < -0.3 is 19.8 Å². The molecule has 118 valence electrons. The minimum atomic E-state index is -0.495. The van der Waals surface area contributed by atoms with Crippen LogP contribution in [0.5, 0.6) is 0 Å². The van der Waals surface area contributed by atoms with Gasteiger partial charge in [-0.3, -0.25) is 0 Å². The average molecular weight is 303 g/mol. The van der Waals surface area contributed by atoms with E-state index in [2.05, 4.69) is 15.6 Å². The number of aromatic nitrogens is 1. The summed E-state index contributed by atoms with van der Waals surface area (Å²) < 4.78 is 10.4. The Labute approximate surface area is 129 Å². The Morgan fingerprint density at radius 2 is 2.14 bits per heavy atom. The second kappa shape index (κ2) is 6.98. The Balaban J connectivity index is 1.84. The van der Waals surface area contributed by atoms with Crippen LogP contribution in [0.25, 0.3) is 0 Å². The molecular formula is C16H21N3O3. The smallest absolute Gasteiger partial charge is 0.407 e. The molecule has 0 atom stereocenters. The summed E-state index contributed by atoms with van der Waals surface area (Å²) in [7, 11) is 0. The molecule has 1 amide bonds. The number of hydrogen-bond donors (Lipinski definition) is 2. The molecule has 6 nitrogen and oxygen atoms in total. The summed E-state index contributed by atoms with van der Waals surface area (Å²) in [5.74, 6) is 0.761. The molecule has 0 saturated heterocycles. The van der Waals surface area contributed by atoms with Crippen LogP contribution < -0.4 is 10.6 Å². The van der Waals surface area contributed by atoms with Crippen LogP contribution in [0.15, 0.2) is 41.3 Å². The van der Waals surface area contributed by atoms with Crippen molar-refractivity contribution in [1.82, 2.24) is 10.3 Å². The lowest BCUT2D eigenvalue weighted by atomic mass is 10.2. The Hall–Kier alpha value is -2.50. The maximum atomic E-state index is 11.6. The number of amides is 1. The number of carbonyl (C=O) groups excluding carboxylic acids is 1. The van der Waals surface area contributed by atoms with E-state index in [0.29, 0.717) is 13.1 Å². The number of anilines is 1. The SMILES string of the molecule is CC(C)(C)OC(=O)NCc1cccc(NCc2cnco2)c1. The normalized spacial score (nSPS) is 11.0. The van der Waals surface area contributed by atoms with Crippen molar-refractivity contribution in [3.8, 4) is 0 Å². The highest BCUT2D eigenvalue weighted by Crippen LogP contribution is 2.12. The van der Waals surface area contributed by atoms with Crippen molar-refractivity contribution in [3.05, 3.63) is 48.2 Å². The lowest BCUT2D eigenvalue weighted by Crippen LogP contribution is -2.32. The van der Waals surface area contributed by atoms with E-state index in [1.807, 2.05) is 45.0 Å². The number of benzene rings is 1. The Bertz CT molecular complexity index is 603. The molecular weight excluding hydrogens is 282 g/mol. The first-order valence-electron chi connectivity index (χ1n) is 7.09. The summed E-state index contributed by atoms with van der Waals surface area (Å²) in [4.78, 5) is 15.5. The van der Waals surface area contributed by atoms with E-state index in [-0.39, 0.29) is 0 Å².